The minimum absolute atomic E-state index is 0.0238. The largest absolute Gasteiger partial charge is 0.493 e. The first-order valence-corrected chi connectivity index (χ1v) is 13.6. The van der Waals surface area contributed by atoms with E-state index in [4.69, 9.17) is 14.2 Å². The Morgan fingerprint density at radius 3 is 2.29 bits per heavy atom. The minimum Gasteiger partial charge on any atom is -0.493 e. The Morgan fingerprint density at radius 1 is 0.868 bits per heavy atom. The Labute approximate surface area is 226 Å². The van der Waals surface area contributed by atoms with Gasteiger partial charge in [-0.3, -0.25) is 4.79 Å². The summed E-state index contributed by atoms with van der Waals surface area (Å²) in [6.45, 7) is 4.38. The van der Waals surface area contributed by atoms with E-state index >= 15 is 0 Å². The van der Waals surface area contributed by atoms with Gasteiger partial charge in [-0.2, -0.15) is 0 Å². The van der Waals surface area contributed by atoms with Crippen LogP contribution in [0, 0.1) is 11.8 Å². The highest BCUT2D eigenvalue weighted by molar-refractivity contribution is 5.95. The lowest BCUT2D eigenvalue weighted by Gasteiger charge is -2.29. The second kappa shape index (κ2) is 14.6. The molecule has 38 heavy (non-hydrogen) atoms. The number of hydrogen-bond acceptors (Lipinski definition) is 5. The number of hydrogen-bond donors (Lipinski definition) is 1. The highest BCUT2D eigenvalue weighted by Crippen LogP contribution is 2.30. The number of rotatable bonds is 14. The monoisotopic (exact) mass is 516 g/mol. The molecule has 6 nitrogen and oxygen atoms in total. The average Bonchev–Trinajstić information content (AvgIpc) is 3.40. The van der Waals surface area contributed by atoms with E-state index in [1.165, 1.54) is 11.1 Å². The maximum absolute atomic E-state index is 13.9. The Morgan fingerprint density at radius 2 is 1.58 bits per heavy atom. The predicted molar refractivity (Wildman–Crippen MR) is 151 cm³/mol. The Balaban J connectivity index is 1.51. The van der Waals surface area contributed by atoms with Crippen LogP contribution in [0.15, 0.2) is 78.9 Å². The fourth-order valence-electron chi connectivity index (χ4n) is 5.11. The number of ether oxygens (including phenoxy) is 3. The standard InChI is InChI=1S/C32H40N2O4/c1-36-18-9-19-38-31-21-27(14-15-30(31)37-2)32(35)34(17-16-25-10-5-3-6-11-25)24-29-23-33-22-28(29)20-26-12-7-4-8-13-26/h3-8,10-15,21,28-29,33H,9,16-20,22-24H2,1-2H3/t28-,29+/m0/s1. The second-order valence-electron chi connectivity index (χ2n) is 9.92. The molecule has 0 radical (unpaired) electrons. The van der Waals surface area contributed by atoms with Crippen LogP contribution in [0.4, 0.5) is 0 Å². The summed E-state index contributed by atoms with van der Waals surface area (Å²) in [5, 5.41) is 3.57. The van der Waals surface area contributed by atoms with Crippen molar-refractivity contribution >= 4 is 5.91 Å². The van der Waals surface area contributed by atoms with Crippen LogP contribution >= 0.6 is 0 Å². The zero-order chi connectivity index (χ0) is 26.6. The van der Waals surface area contributed by atoms with E-state index in [0.717, 1.165) is 32.4 Å². The fourth-order valence-corrected chi connectivity index (χ4v) is 5.11. The molecule has 1 saturated heterocycles. The van der Waals surface area contributed by atoms with Crippen molar-refractivity contribution in [3.8, 4) is 11.5 Å². The summed E-state index contributed by atoms with van der Waals surface area (Å²) in [5.41, 5.74) is 3.19. The molecule has 1 fully saturated rings. The van der Waals surface area contributed by atoms with E-state index in [-0.39, 0.29) is 5.91 Å². The van der Waals surface area contributed by atoms with Crippen molar-refractivity contribution in [2.45, 2.75) is 19.3 Å². The van der Waals surface area contributed by atoms with E-state index in [1.807, 2.05) is 29.2 Å². The van der Waals surface area contributed by atoms with Gasteiger partial charge in [0, 0.05) is 38.8 Å². The summed E-state index contributed by atoms with van der Waals surface area (Å²) in [6, 6.07) is 26.5. The maximum Gasteiger partial charge on any atom is 0.254 e. The van der Waals surface area contributed by atoms with Gasteiger partial charge in [0.15, 0.2) is 11.5 Å². The number of methoxy groups -OCH3 is 2. The molecule has 0 spiro atoms. The molecule has 3 aromatic rings. The third-order valence-electron chi connectivity index (χ3n) is 7.24. The lowest BCUT2D eigenvalue weighted by molar-refractivity contribution is 0.0721. The maximum atomic E-state index is 13.9. The van der Waals surface area contributed by atoms with E-state index in [0.29, 0.717) is 55.2 Å². The summed E-state index contributed by atoms with van der Waals surface area (Å²) in [7, 11) is 3.29. The van der Waals surface area contributed by atoms with Gasteiger partial charge in [0.1, 0.15) is 0 Å². The first kappa shape index (κ1) is 27.7. The van der Waals surface area contributed by atoms with Gasteiger partial charge in [-0.15, -0.1) is 0 Å². The molecule has 1 N–H and O–H groups in total. The van der Waals surface area contributed by atoms with Crippen LogP contribution in [0.3, 0.4) is 0 Å². The van der Waals surface area contributed by atoms with Crippen molar-refractivity contribution in [2.24, 2.45) is 11.8 Å². The fraction of sp³-hybridized carbons (Fsp3) is 0.406. The van der Waals surface area contributed by atoms with E-state index in [2.05, 4.69) is 59.9 Å². The van der Waals surface area contributed by atoms with Crippen LogP contribution in [-0.2, 0) is 17.6 Å². The summed E-state index contributed by atoms with van der Waals surface area (Å²) < 4.78 is 16.6. The van der Waals surface area contributed by atoms with E-state index in [9.17, 15) is 4.79 Å². The third kappa shape index (κ3) is 7.83. The van der Waals surface area contributed by atoms with Crippen LogP contribution in [0.5, 0.6) is 11.5 Å². The molecule has 0 saturated carbocycles. The number of nitrogens with one attached hydrogen (secondary N) is 1. The van der Waals surface area contributed by atoms with E-state index < -0.39 is 0 Å². The third-order valence-corrected chi connectivity index (χ3v) is 7.24. The van der Waals surface area contributed by atoms with Crippen LogP contribution in [-0.4, -0.2) is 64.4 Å². The van der Waals surface area contributed by atoms with Crippen molar-refractivity contribution in [1.82, 2.24) is 10.2 Å². The zero-order valence-electron chi connectivity index (χ0n) is 22.6. The average molecular weight is 517 g/mol. The van der Waals surface area contributed by atoms with Crippen molar-refractivity contribution < 1.29 is 19.0 Å². The molecule has 4 rings (SSSR count). The summed E-state index contributed by atoms with van der Waals surface area (Å²) >= 11 is 0. The van der Waals surface area contributed by atoms with Gasteiger partial charge in [0.2, 0.25) is 0 Å². The quantitative estimate of drug-likeness (QED) is 0.310. The van der Waals surface area contributed by atoms with Gasteiger partial charge in [0.05, 0.1) is 13.7 Å². The number of amides is 1. The van der Waals surface area contributed by atoms with Crippen molar-refractivity contribution in [3.63, 3.8) is 0 Å². The lowest BCUT2D eigenvalue weighted by Crippen LogP contribution is -2.39. The van der Waals surface area contributed by atoms with Gasteiger partial charge in [0.25, 0.3) is 5.91 Å². The van der Waals surface area contributed by atoms with Crippen LogP contribution < -0.4 is 14.8 Å². The van der Waals surface area contributed by atoms with Crippen LogP contribution in [0.25, 0.3) is 0 Å². The zero-order valence-corrected chi connectivity index (χ0v) is 22.6. The van der Waals surface area contributed by atoms with Crippen molar-refractivity contribution in [1.29, 1.82) is 0 Å². The first-order chi connectivity index (χ1) is 18.7. The minimum atomic E-state index is 0.0238. The highest BCUT2D eigenvalue weighted by Gasteiger charge is 2.31. The second-order valence-corrected chi connectivity index (χ2v) is 9.92. The molecule has 2 atom stereocenters. The molecule has 1 aliphatic rings. The van der Waals surface area contributed by atoms with Gasteiger partial charge in [-0.25, -0.2) is 0 Å². The molecular weight excluding hydrogens is 476 g/mol. The molecule has 1 heterocycles. The molecule has 1 amide bonds. The Bertz CT molecular complexity index is 1120. The number of carbonyl (C=O) groups excluding carboxylic acids is 1. The Kier molecular flexibility index (Phi) is 10.6. The summed E-state index contributed by atoms with van der Waals surface area (Å²) in [5.74, 6) is 2.10. The summed E-state index contributed by atoms with van der Waals surface area (Å²) in [6.07, 6.45) is 2.59. The normalized spacial score (nSPS) is 16.8. The number of benzene rings is 3. The Hall–Kier alpha value is -3.35. The van der Waals surface area contributed by atoms with Crippen molar-refractivity contribution in [3.05, 3.63) is 95.6 Å². The van der Waals surface area contributed by atoms with Crippen LogP contribution in [0.2, 0.25) is 0 Å². The summed E-state index contributed by atoms with van der Waals surface area (Å²) in [4.78, 5) is 16.0. The molecule has 3 aromatic carbocycles. The topological polar surface area (TPSA) is 60.0 Å². The van der Waals surface area contributed by atoms with Gasteiger partial charge in [-0.05, 0) is 67.1 Å². The molecule has 1 aliphatic heterocycles. The van der Waals surface area contributed by atoms with Crippen molar-refractivity contribution in [2.75, 3.05) is 53.6 Å². The number of carbonyl (C=O) groups is 1. The SMILES string of the molecule is COCCCOc1cc(C(=O)N(CCc2ccccc2)C[C@H]2CNC[C@@H]2Cc2ccccc2)ccc1OC. The molecule has 0 aromatic heterocycles. The van der Waals surface area contributed by atoms with Gasteiger partial charge in [-0.1, -0.05) is 60.7 Å². The van der Waals surface area contributed by atoms with E-state index in [1.54, 1.807) is 14.2 Å². The van der Waals surface area contributed by atoms with Crippen LogP contribution in [0.1, 0.15) is 27.9 Å². The molecule has 6 heteroatoms. The van der Waals surface area contributed by atoms with Gasteiger partial charge < -0.3 is 24.4 Å². The number of nitrogens with zero attached hydrogens (tertiary/aromatic N) is 1. The van der Waals surface area contributed by atoms with Gasteiger partial charge >= 0.3 is 0 Å². The molecule has 0 aliphatic carbocycles. The highest BCUT2D eigenvalue weighted by atomic mass is 16.5. The molecular formula is C32H40N2O4. The molecule has 202 valence electrons. The molecule has 0 unspecified atom stereocenters. The lowest BCUT2D eigenvalue weighted by atomic mass is 9.89. The predicted octanol–water partition coefficient (Wildman–Crippen LogP) is 4.87. The first-order valence-electron chi connectivity index (χ1n) is 13.6. The smallest absolute Gasteiger partial charge is 0.254 e. The molecule has 0 bridgehead atoms.